The Hall–Kier alpha value is -2.43. The maximum absolute atomic E-state index is 12.1. The van der Waals surface area contributed by atoms with Gasteiger partial charge in [-0.1, -0.05) is 0 Å². The zero-order valence-corrected chi connectivity index (χ0v) is 13.6. The molecule has 1 spiro atoms. The first-order chi connectivity index (χ1) is 10.8. The normalized spacial score (nSPS) is 19.4. The number of anilines is 1. The number of amides is 1. The van der Waals surface area contributed by atoms with Gasteiger partial charge in [0.05, 0.1) is 0 Å². The minimum atomic E-state index is -0.475. The van der Waals surface area contributed by atoms with Crippen molar-refractivity contribution in [3.8, 4) is 6.07 Å². The van der Waals surface area contributed by atoms with Crippen LogP contribution in [0, 0.1) is 16.7 Å². The number of carbonyl (C=O) groups excluding carboxylic acids is 1. The molecule has 0 saturated carbocycles. The van der Waals surface area contributed by atoms with Crippen molar-refractivity contribution in [2.45, 2.75) is 32.8 Å². The number of rotatable bonds is 1. The van der Waals surface area contributed by atoms with Crippen LogP contribution < -0.4 is 4.90 Å². The smallest absolute Gasteiger partial charge is 0.410 e. The third kappa shape index (κ3) is 3.18. The van der Waals surface area contributed by atoms with Crippen LogP contribution in [0.5, 0.6) is 0 Å². The number of hydrogen-bond donors (Lipinski definition) is 0. The second-order valence-electron chi connectivity index (χ2n) is 7.23. The lowest BCUT2D eigenvalue weighted by molar-refractivity contribution is 0.0265. The summed E-state index contributed by atoms with van der Waals surface area (Å²) in [7, 11) is 0. The van der Waals surface area contributed by atoms with Gasteiger partial charge in [-0.15, -0.1) is 0 Å². The number of ether oxygens (including phenoxy) is 1. The zero-order chi connectivity index (χ0) is 16.7. The third-order valence-corrected chi connectivity index (χ3v) is 4.08. The molecule has 8 nitrogen and oxygen atoms in total. The number of carbonyl (C=O) groups is 1. The van der Waals surface area contributed by atoms with Gasteiger partial charge in [-0.3, -0.25) is 0 Å². The highest BCUT2D eigenvalue weighted by Crippen LogP contribution is 2.41. The maximum atomic E-state index is 12.1. The number of hydrogen-bond acceptors (Lipinski definition) is 7. The van der Waals surface area contributed by atoms with E-state index in [9.17, 15) is 4.79 Å². The van der Waals surface area contributed by atoms with E-state index in [1.807, 2.05) is 31.7 Å². The highest BCUT2D eigenvalue weighted by Gasteiger charge is 2.50. The average molecular weight is 316 g/mol. The van der Waals surface area contributed by atoms with Crippen LogP contribution in [0.2, 0.25) is 0 Å². The van der Waals surface area contributed by atoms with E-state index in [4.69, 9.17) is 10.00 Å². The van der Waals surface area contributed by atoms with Crippen molar-refractivity contribution in [2.75, 3.05) is 31.1 Å². The molecule has 0 N–H and O–H groups in total. The molecule has 0 unspecified atom stereocenters. The summed E-state index contributed by atoms with van der Waals surface area (Å²) in [5.74, 6) is 0.649. The van der Waals surface area contributed by atoms with Gasteiger partial charge in [0.25, 0.3) is 0 Å². The summed E-state index contributed by atoms with van der Waals surface area (Å²) in [6.07, 6.45) is 2.05. The molecule has 1 aromatic rings. The van der Waals surface area contributed by atoms with Crippen LogP contribution in [-0.2, 0) is 4.74 Å². The van der Waals surface area contributed by atoms with E-state index in [0.717, 1.165) is 19.5 Å². The van der Waals surface area contributed by atoms with Crippen molar-refractivity contribution in [1.82, 2.24) is 19.9 Å². The van der Waals surface area contributed by atoms with Crippen LogP contribution in [0.25, 0.3) is 0 Å². The van der Waals surface area contributed by atoms with Gasteiger partial charge in [-0.05, 0) is 27.2 Å². The SMILES string of the molecule is CC(C)(C)OC(=O)N1CCC2(C1)CN(c1ncnc(C#N)n1)C2. The van der Waals surface area contributed by atoms with E-state index in [0.29, 0.717) is 19.0 Å². The second-order valence-corrected chi connectivity index (χ2v) is 7.23. The Morgan fingerprint density at radius 1 is 1.35 bits per heavy atom. The summed E-state index contributed by atoms with van der Waals surface area (Å²) >= 11 is 0. The molecule has 0 radical (unpaired) electrons. The van der Waals surface area contributed by atoms with Gasteiger partial charge in [-0.25, -0.2) is 14.8 Å². The predicted molar refractivity (Wildman–Crippen MR) is 81.6 cm³/mol. The van der Waals surface area contributed by atoms with Crippen molar-refractivity contribution >= 4 is 12.0 Å². The number of nitriles is 1. The fourth-order valence-corrected chi connectivity index (χ4v) is 3.07. The molecule has 1 aromatic heterocycles. The quantitative estimate of drug-likeness (QED) is 0.768. The topological polar surface area (TPSA) is 95.2 Å². The highest BCUT2D eigenvalue weighted by molar-refractivity contribution is 5.68. The first kappa shape index (κ1) is 15.5. The van der Waals surface area contributed by atoms with E-state index >= 15 is 0 Å². The van der Waals surface area contributed by atoms with E-state index in [-0.39, 0.29) is 17.3 Å². The molecule has 8 heteroatoms. The summed E-state index contributed by atoms with van der Waals surface area (Å²) in [5, 5.41) is 8.85. The molecule has 0 bridgehead atoms. The molecule has 0 aromatic carbocycles. The Labute approximate surface area is 135 Å². The van der Waals surface area contributed by atoms with Gasteiger partial charge in [0.1, 0.15) is 18.0 Å². The van der Waals surface area contributed by atoms with Crippen molar-refractivity contribution in [3.63, 3.8) is 0 Å². The minimum absolute atomic E-state index is 0.0797. The maximum Gasteiger partial charge on any atom is 0.410 e. The molecule has 3 heterocycles. The van der Waals surface area contributed by atoms with Crippen molar-refractivity contribution in [1.29, 1.82) is 5.26 Å². The monoisotopic (exact) mass is 316 g/mol. The highest BCUT2D eigenvalue weighted by atomic mass is 16.6. The van der Waals surface area contributed by atoms with Crippen LogP contribution in [0.1, 0.15) is 33.0 Å². The number of nitrogens with zero attached hydrogens (tertiary/aromatic N) is 6. The van der Waals surface area contributed by atoms with E-state index in [1.54, 1.807) is 4.90 Å². The van der Waals surface area contributed by atoms with Crippen LogP contribution in [-0.4, -0.2) is 57.7 Å². The van der Waals surface area contributed by atoms with Crippen LogP contribution in [0.15, 0.2) is 6.33 Å². The Bertz CT molecular complexity index is 657. The molecule has 2 fully saturated rings. The fraction of sp³-hybridized carbons (Fsp3) is 0.667. The Morgan fingerprint density at radius 3 is 2.74 bits per heavy atom. The third-order valence-electron chi connectivity index (χ3n) is 4.08. The van der Waals surface area contributed by atoms with Gasteiger partial charge in [0.15, 0.2) is 0 Å². The summed E-state index contributed by atoms with van der Waals surface area (Å²) in [4.78, 5) is 27.9. The van der Waals surface area contributed by atoms with Gasteiger partial charge in [0, 0.05) is 31.6 Å². The lowest BCUT2D eigenvalue weighted by Crippen LogP contribution is -2.58. The van der Waals surface area contributed by atoms with Gasteiger partial charge in [-0.2, -0.15) is 10.2 Å². The molecule has 3 rings (SSSR count). The molecular weight excluding hydrogens is 296 g/mol. The minimum Gasteiger partial charge on any atom is -0.444 e. The van der Waals surface area contributed by atoms with Crippen LogP contribution >= 0.6 is 0 Å². The van der Waals surface area contributed by atoms with Crippen molar-refractivity contribution in [2.24, 2.45) is 5.41 Å². The number of aromatic nitrogens is 3. The zero-order valence-electron chi connectivity index (χ0n) is 13.6. The summed E-state index contributed by atoms with van der Waals surface area (Å²) < 4.78 is 5.43. The summed E-state index contributed by atoms with van der Waals surface area (Å²) in [6, 6.07) is 1.92. The van der Waals surface area contributed by atoms with Gasteiger partial charge < -0.3 is 14.5 Å². The van der Waals surface area contributed by atoms with Crippen LogP contribution in [0.4, 0.5) is 10.7 Å². The fourth-order valence-electron chi connectivity index (χ4n) is 3.07. The average Bonchev–Trinajstić information content (AvgIpc) is 2.89. The first-order valence-corrected chi connectivity index (χ1v) is 7.62. The first-order valence-electron chi connectivity index (χ1n) is 7.62. The second kappa shape index (κ2) is 5.33. The molecule has 2 aliphatic rings. The molecule has 0 atom stereocenters. The lowest BCUT2D eigenvalue weighted by Gasteiger charge is -2.47. The van der Waals surface area contributed by atoms with Gasteiger partial charge >= 0.3 is 6.09 Å². The Balaban J connectivity index is 1.59. The summed E-state index contributed by atoms with van der Waals surface area (Å²) in [5.41, 5.74) is -0.395. The predicted octanol–water partition coefficient (Wildman–Crippen LogP) is 1.19. The van der Waals surface area contributed by atoms with E-state index in [1.165, 1.54) is 6.33 Å². The van der Waals surface area contributed by atoms with Crippen LogP contribution in [0.3, 0.4) is 0 Å². The summed E-state index contributed by atoms with van der Waals surface area (Å²) in [6.45, 7) is 8.57. The molecule has 2 aliphatic heterocycles. The van der Waals surface area contributed by atoms with E-state index < -0.39 is 5.60 Å². The molecule has 23 heavy (non-hydrogen) atoms. The lowest BCUT2D eigenvalue weighted by atomic mass is 9.79. The van der Waals surface area contributed by atoms with E-state index in [2.05, 4.69) is 15.0 Å². The van der Waals surface area contributed by atoms with Gasteiger partial charge in [0.2, 0.25) is 11.8 Å². The standard InChI is InChI=1S/C15H20N6O2/c1-14(2,3)23-13(22)20-5-4-15(7-20)8-21(9-15)12-18-10-17-11(6-16)19-12/h10H,4-5,7-9H2,1-3H3. The molecule has 2 saturated heterocycles. The van der Waals surface area contributed by atoms with Crippen molar-refractivity contribution < 1.29 is 9.53 Å². The molecule has 1 amide bonds. The molecule has 122 valence electrons. The molecule has 0 aliphatic carbocycles. The largest absolute Gasteiger partial charge is 0.444 e. The molecular formula is C15H20N6O2. The van der Waals surface area contributed by atoms with Crippen molar-refractivity contribution in [3.05, 3.63) is 12.2 Å². The Kier molecular flexibility index (Phi) is 3.59. The number of likely N-dealkylation sites (tertiary alicyclic amines) is 1. The Morgan fingerprint density at radius 2 is 2.09 bits per heavy atom.